The second kappa shape index (κ2) is 8.36. The van der Waals surface area contributed by atoms with Gasteiger partial charge in [-0.3, -0.25) is 9.89 Å². The minimum Gasteiger partial charge on any atom is -0.487 e. The summed E-state index contributed by atoms with van der Waals surface area (Å²) in [6.07, 6.45) is 1.15. The zero-order chi connectivity index (χ0) is 18.5. The second-order valence-electron chi connectivity index (χ2n) is 7.31. The van der Waals surface area contributed by atoms with E-state index in [2.05, 4.69) is 28.9 Å². The standard InChI is InChI=1S/C20H28N4O2/c1-15(2)24-10-9-16(13-24)12-23(3)20(25)19-11-17(21-22-19)14-26-18-7-5-4-6-8-18/h4-8,11,15-16H,9-10,12-14H2,1-3H3,(H,21,22)/t16-/m0/s1. The number of benzene rings is 1. The van der Waals surface area contributed by atoms with Crippen molar-refractivity contribution in [3.63, 3.8) is 0 Å². The lowest BCUT2D eigenvalue weighted by molar-refractivity contribution is 0.0766. The molecule has 0 spiro atoms. The first-order chi connectivity index (χ1) is 12.5. The smallest absolute Gasteiger partial charge is 0.274 e. The van der Waals surface area contributed by atoms with Crippen molar-refractivity contribution in [1.82, 2.24) is 20.0 Å². The highest BCUT2D eigenvalue weighted by molar-refractivity contribution is 5.92. The summed E-state index contributed by atoms with van der Waals surface area (Å²) in [5.41, 5.74) is 1.23. The van der Waals surface area contributed by atoms with Crippen LogP contribution < -0.4 is 4.74 Å². The Bertz CT molecular complexity index is 714. The number of carbonyl (C=O) groups is 1. The monoisotopic (exact) mass is 356 g/mol. The minimum absolute atomic E-state index is 0.0461. The third-order valence-corrected chi connectivity index (χ3v) is 4.91. The van der Waals surface area contributed by atoms with Gasteiger partial charge in [-0.15, -0.1) is 0 Å². The summed E-state index contributed by atoms with van der Waals surface area (Å²) in [7, 11) is 1.86. The van der Waals surface area contributed by atoms with Gasteiger partial charge >= 0.3 is 0 Å². The van der Waals surface area contributed by atoms with Crippen molar-refractivity contribution in [3.8, 4) is 5.75 Å². The quantitative estimate of drug-likeness (QED) is 0.829. The van der Waals surface area contributed by atoms with E-state index >= 15 is 0 Å². The number of aromatic nitrogens is 2. The maximum atomic E-state index is 12.6. The molecule has 26 heavy (non-hydrogen) atoms. The molecule has 2 heterocycles. The first-order valence-electron chi connectivity index (χ1n) is 9.24. The molecule has 1 saturated heterocycles. The molecule has 1 aromatic carbocycles. The lowest BCUT2D eigenvalue weighted by Gasteiger charge is -2.23. The number of aromatic amines is 1. The van der Waals surface area contributed by atoms with Gasteiger partial charge in [0.2, 0.25) is 0 Å². The molecule has 1 fully saturated rings. The van der Waals surface area contributed by atoms with Crippen LogP contribution >= 0.6 is 0 Å². The van der Waals surface area contributed by atoms with Crippen molar-refractivity contribution < 1.29 is 9.53 Å². The number of rotatable bonds is 7. The number of hydrogen-bond donors (Lipinski definition) is 1. The summed E-state index contributed by atoms with van der Waals surface area (Å²) >= 11 is 0. The molecular weight excluding hydrogens is 328 g/mol. The molecule has 140 valence electrons. The fraction of sp³-hybridized carbons (Fsp3) is 0.500. The van der Waals surface area contributed by atoms with Crippen LogP contribution in [-0.4, -0.2) is 58.6 Å². The molecule has 0 radical (unpaired) electrons. The SMILES string of the molecule is CC(C)N1CC[C@@H](CN(C)C(=O)c2cc(COc3ccccc3)[nH]n2)C1. The van der Waals surface area contributed by atoms with Gasteiger partial charge in [0.05, 0.1) is 5.69 Å². The van der Waals surface area contributed by atoms with Gasteiger partial charge in [0.1, 0.15) is 12.4 Å². The molecule has 1 aromatic heterocycles. The Labute approximate surface area is 155 Å². The van der Waals surface area contributed by atoms with E-state index < -0.39 is 0 Å². The number of hydrogen-bond acceptors (Lipinski definition) is 4. The number of nitrogens with zero attached hydrogens (tertiary/aromatic N) is 3. The predicted octanol–water partition coefficient (Wildman–Crippen LogP) is 2.79. The normalized spacial score (nSPS) is 17.6. The lowest BCUT2D eigenvalue weighted by atomic mass is 10.1. The number of carbonyl (C=O) groups excluding carboxylic acids is 1. The second-order valence-corrected chi connectivity index (χ2v) is 7.31. The van der Waals surface area contributed by atoms with Crippen molar-refractivity contribution in [1.29, 1.82) is 0 Å². The average Bonchev–Trinajstić information content (AvgIpc) is 3.30. The molecule has 1 aliphatic heterocycles. The van der Waals surface area contributed by atoms with Gasteiger partial charge < -0.3 is 14.5 Å². The first-order valence-corrected chi connectivity index (χ1v) is 9.24. The van der Waals surface area contributed by atoms with Gasteiger partial charge in [0.25, 0.3) is 5.91 Å². The molecule has 0 bridgehead atoms. The molecule has 0 saturated carbocycles. The number of ether oxygens (including phenoxy) is 1. The molecule has 6 nitrogen and oxygen atoms in total. The summed E-state index contributed by atoms with van der Waals surface area (Å²) in [6, 6.07) is 11.9. The largest absolute Gasteiger partial charge is 0.487 e. The van der Waals surface area contributed by atoms with E-state index in [-0.39, 0.29) is 5.91 Å². The van der Waals surface area contributed by atoms with Gasteiger partial charge in [-0.05, 0) is 50.9 Å². The average molecular weight is 356 g/mol. The van der Waals surface area contributed by atoms with E-state index in [1.807, 2.05) is 37.4 Å². The van der Waals surface area contributed by atoms with Crippen LogP contribution in [0.5, 0.6) is 5.75 Å². The molecule has 3 rings (SSSR count). The van der Waals surface area contributed by atoms with Crippen LogP contribution in [0.15, 0.2) is 36.4 Å². The lowest BCUT2D eigenvalue weighted by Crippen LogP contribution is -2.34. The zero-order valence-electron chi connectivity index (χ0n) is 15.8. The molecular formula is C20H28N4O2. The maximum absolute atomic E-state index is 12.6. The maximum Gasteiger partial charge on any atom is 0.274 e. The number of likely N-dealkylation sites (tertiary alicyclic amines) is 1. The fourth-order valence-electron chi connectivity index (χ4n) is 3.37. The summed E-state index contributed by atoms with van der Waals surface area (Å²) < 4.78 is 5.69. The van der Waals surface area contributed by atoms with Crippen molar-refractivity contribution in [3.05, 3.63) is 47.8 Å². The van der Waals surface area contributed by atoms with Gasteiger partial charge in [-0.25, -0.2) is 0 Å². The number of nitrogens with one attached hydrogen (secondary N) is 1. The number of para-hydroxylation sites is 1. The zero-order valence-corrected chi connectivity index (χ0v) is 15.8. The Morgan fingerprint density at radius 1 is 1.38 bits per heavy atom. The highest BCUT2D eigenvalue weighted by Crippen LogP contribution is 2.20. The third kappa shape index (κ3) is 4.64. The van der Waals surface area contributed by atoms with Crippen LogP contribution in [0, 0.1) is 5.92 Å². The van der Waals surface area contributed by atoms with Gasteiger partial charge in [0.15, 0.2) is 5.69 Å². The van der Waals surface area contributed by atoms with E-state index in [1.54, 1.807) is 11.0 Å². The molecule has 1 atom stereocenters. The van der Waals surface area contributed by atoms with E-state index in [1.165, 1.54) is 0 Å². The molecule has 6 heteroatoms. The van der Waals surface area contributed by atoms with Crippen molar-refractivity contribution in [2.24, 2.45) is 5.92 Å². The van der Waals surface area contributed by atoms with Gasteiger partial charge in [-0.1, -0.05) is 18.2 Å². The van der Waals surface area contributed by atoms with Crippen LogP contribution in [0.1, 0.15) is 36.5 Å². The van der Waals surface area contributed by atoms with Crippen LogP contribution in [0.3, 0.4) is 0 Å². The molecule has 1 amide bonds. The summed E-state index contributed by atoms with van der Waals surface area (Å²) in [6.45, 7) is 7.75. The Balaban J connectivity index is 1.51. The Kier molecular flexibility index (Phi) is 5.93. The highest BCUT2D eigenvalue weighted by atomic mass is 16.5. The summed E-state index contributed by atoms with van der Waals surface area (Å²) in [5, 5.41) is 7.06. The summed E-state index contributed by atoms with van der Waals surface area (Å²) in [5.74, 6) is 1.28. The van der Waals surface area contributed by atoms with Gasteiger partial charge in [-0.2, -0.15) is 5.10 Å². The number of amides is 1. The Morgan fingerprint density at radius 2 is 2.15 bits per heavy atom. The van der Waals surface area contributed by atoms with Crippen LogP contribution in [0.4, 0.5) is 0 Å². The highest BCUT2D eigenvalue weighted by Gasteiger charge is 2.27. The van der Waals surface area contributed by atoms with Crippen LogP contribution in [0.25, 0.3) is 0 Å². The topological polar surface area (TPSA) is 61.5 Å². The molecule has 0 unspecified atom stereocenters. The summed E-state index contributed by atoms with van der Waals surface area (Å²) in [4.78, 5) is 16.9. The van der Waals surface area contributed by atoms with Crippen LogP contribution in [0.2, 0.25) is 0 Å². The number of H-pyrrole nitrogens is 1. The Hall–Kier alpha value is -2.34. The van der Waals surface area contributed by atoms with E-state index in [4.69, 9.17) is 4.74 Å². The van der Waals surface area contributed by atoms with E-state index in [0.29, 0.717) is 24.3 Å². The minimum atomic E-state index is -0.0461. The van der Waals surface area contributed by atoms with Crippen molar-refractivity contribution in [2.75, 3.05) is 26.7 Å². The fourth-order valence-corrected chi connectivity index (χ4v) is 3.37. The van der Waals surface area contributed by atoms with E-state index in [9.17, 15) is 4.79 Å². The van der Waals surface area contributed by atoms with Gasteiger partial charge in [0, 0.05) is 26.2 Å². The first kappa shape index (κ1) is 18.5. The van der Waals surface area contributed by atoms with Crippen molar-refractivity contribution >= 4 is 5.91 Å². The Morgan fingerprint density at radius 3 is 2.85 bits per heavy atom. The van der Waals surface area contributed by atoms with Crippen LogP contribution in [-0.2, 0) is 6.61 Å². The molecule has 0 aliphatic carbocycles. The van der Waals surface area contributed by atoms with Crippen molar-refractivity contribution in [2.45, 2.75) is 32.9 Å². The molecule has 2 aromatic rings. The van der Waals surface area contributed by atoms with E-state index in [0.717, 1.165) is 37.5 Å². The molecule has 1 aliphatic rings. The predicted molar refractivity (Wildman–Crippen MR) is 101 cm³/mol. The molecule has 1 N–H and O–H groups in total. The third-order valence-electron chi connectivity index (χ3n) is 4.91.